The zero-order chi connectivity index (χ0) is 27.4. The van der Waals surface area contributed by atoms with Crippen LogP contribution in [0.1, 0.15) is 17.5 Å². The summed E-state index contributed by atoms with van der Waals surface area (Å²) in [7, 11) is 0. The van der Waals surface area contributed by atoms with Crippen molar-refractivity contribution in [2.24, 2.45) is 5.73 Å². The van der Waals surface area contributed by atoms with E-state index >= 15 is 0 Å². The third kappa shape index (κ3) is 9.94. The molecule has 0 aromatic heterocycles. The molecule has 4 unspecified atom stereocenters. The first-order valence-electron chi connectivity index (χ1n) is 11.4. The number of hydrogen-bond donors (Lipinski definition) is 7. The molecule has 0 aliphatic carbocycles. The minimum absolute atomic E-state index is 0.0311. The largest absolute Gasteiger partial charge is 0.481 e. The fraction of sp³-hybridized carbons (Fsp3) is 0.320. The summed E-state index contributed by atoms with van der Waals surface area (Å²) in [5.74, 6) is -5.04. The van der Waals surface area contributed by atoms with Gasteiger partial charge in [0.05, 0.1) is 12.5 Å². The van der Waals surface area contributed by atoms with Crippen molar-refractivity contribution < 1.29 is 34.2 Å². The molecule has 2 aromatic carbocycles. The molecule has 0 aliphatic rings. The third-order valence-corrected chi connectivity index (χ3v) is 5.72. The second-order valence-corrected chi connectivity index (χ2v) is 8.65. The highest BCUT2D eigenvalue weighted by atomic mass is 32.1. The van der Waals surface area contributed by atoms with Crippen molar-refractivity contribution in [3.05, 3.63) is 71.8 Å². The van der Waals surface area contributed by atoms with E-state index in [0.717, 1.165) is 0 Å². The molecule has 0 heterocycles. The number of rotatable bonds is 14. The molecule has 2 aromatic rings. The summed E-state index contributed by atoms with van der Waals surface area (Å²) in [4.78, 5) is 61.0. The van der Waals surface area contributed by atoms with E-state index in [-0.39, 0.29) is 18.6 Å². The molecular weight excluding hydrogens is 500 g/mol. The average molecular weight is 531 g/mol. The summed E-state index contributed by atoms with van der Waals surface area (Å²) in [5.41, 5.74) is 7.01. The van der Waals surface area contributed by atoms with Gasteiger partial charge in [0.2, 0.25) is 17.7 Å². The van der Waals surface area contributed by atoms with Crippen LogP contribution in [-0.2, 0) is 36.8 Å². The zero-order valence-electron chi connectivity index (χ0n) is 19.9. The first-order valence-corrected chi connectivity index (χ1v) is 12.0. The Morgan fingerprint density at radius 3 is 1.59 bits per heavy atom. The van der Waals surface area contributed by atoms with Gasteiger partial charge in [0.1, 0.15) is 18.1 Å². The number of carboxylic acid groups (broad SMARTS) is 2. The molecule has 12 heteroatoms. The van der Waals surface area contributed by atoms with Gasteiger partial charge in [-0.15, -0.1) is 0 Å². The Morgan fingerprint density at radius 1 is 0.703 bits per heavy atom. The maximum absolute atomic E-state index is 13.1. The maximum atomic E-state index is 13.1. The van der Waals surface area contributed by atoms with Crippen LogP contribution in [0.3, 0.4) is 0 Å². The van der Waals surface area contributed by atoms with Gasteiger partial charge in [0, 0.05) is 18.6 Å². The van der Waals surface area contributed by atoms with E-state index < -0.39 is 60.2 Å². The summed E-state index contributed by atoms with van der Waals surface area (Å²) in [5, 5.41) is 25.8. The Hall–Kier alpha value is -3.90. The number of carboxylic acids is 2. The number of nitrogens with two attached hydrogens (primary N) is 1. The van der Waals surface area contributed by atoms with Crippen LogP contribution >= 0.6 is 12.6 Å². The van der Waals surface area contributed by atoms with E-state index in [4.69, 9.17) is 10.8 Å². The Balaban J connectivity index is 2.13. The zero-order valence-corrected chi connectivity index (χ0v) is 20.8. The summed E-state index contributed by atoms with van der Waals surface area (Å²) in [6.45, 7) is 0. The van der Waals surface area contributed by atoms with Gasteiger partial charge in [-0.1, -0.05) is 60.7 Å². The summed E-state index contributed by atoms with van der Waals surface area (Å²) in [6.07, 6.45) is -0.570. The Kier molecular flexibility index (Phi) is 11.6. The molecule has 0 saturated carbocycles. The number of amides is 3. The second kappa shape index (κ2) is 14.6. The third-order valence-electron chi connectivity index (χ3n) is 5.36. The lowest BCUT2D eigenvalue weighted by atomic mass is 10.0. The number of thiol groups is 1. The lowest BCUT2D eigenvalue weighted by Gasteiger charge is -2.24. The van der Waals surface area contributed by atoms with Gasteiger partial charge in [-0.05, 0) is 11.1 Å². The molecule has 37 heavy (non-hydrogen) atoms. The van der Waals surface area contributed by atoms with Crippen molar-refractivity contribution in [1.82, 2.24) is 16.0 Å². The highest BCUT2D eigenvalue weighted by Crippen LogP contribution is 2.07. The SMILES string of the molecule is NC(CC(=O)O)C(=O)NC(Cc1ccccc1)C(=O)NC(CS)C(=O)NC(Cc1ccccc1)C(=O)O. The number of carbonyl (C=O) groups excluding carboxylic acids is 3. The highest BCUT2D eigenvalue weighted by Gasteiger charge is 2.30. The second-order valence-electron chi connectivity index (χ2n) is 8.29. The van der Waals surface area contributed by atoms with Gasteiger partial charge >= 0.3 is 11.9 Å². The van der Waals surface area contributed by atoms with Crippen LogP contribution in [-0.4, -0.2) is 69.8 Å². The van der Waals surface area contributed by atoms with Crippen LogP contribution in [0.5, 0.6) is 0 Å². The molecule has 4 atom stereocenters. The average Bonchev–Trinajstić information content (AvgIpc) is 2.86. The molecule has 198 valence electrons. The van der Waals surface area contributed by atoms with Gasteiger partial charge in [0.25, 0.3) is 0 Å². The number of aliphatic carboxylic acids is 2. The predicted molar refractivity (Wildman–Crippen MR) is 138 cm³/mol. The van der Waals surface area contributed by atoms with Crippen LogP contribution in [0.2, 0.25) is 0 Å². The van der Waals surface area contributed by atoms with Crippen molar-refractivity contribution in [3.63, 3.8) is 0 Å². The fourth-order valence-electron chi connectivity index (χ4n) is 3.41. The number of carbonyl (C=O) groups is 5. The first kappa shape index (κ1) is 29.3. The summed E-state index contributed by atoms with van der Waals surface area (Å²) in [6, 6.07) is 12.4. The summed E-state index contributed by atoms with van der Waals surface area (Å²) < 4.78 is 0. The molecule has 0 aliphatic heterocycles. The minimum Gasteiger partial charge on any atom is -0.481 e. The standard InChI is InChI=1S/C25H30N4O7S/c26-17(13-21(30)31)22(32)27-18(11-15-7-3-1-4-8-15)23(33)29-20(14-37)24(34)28-19(25(35)36)12-16-9-5-2-6-10-16/h1-10,17-20,37H,11-14,26H2,(H,27,32)(H,28,34)(H,29,33)(H,30,31)(H,35,36). The van der Waals surface area contributed by atoms with E-state index in [0.29, 0.717) is 11.1 Å². The maximum Gasteiger partial charge on any atom is 0.326 e. The van der Waals surface area contributed by atoms with Gasteiger partial charge < -0.3 is 31.9 Å². The molecule has 7 N–H and O–H groups in total. The van der Waals surface area contributed by atoms with E-state index in [1.165, 1.54) is 0 Å². The minimum atomic E-state index is -1.39. The van der Waals surface area contributed by atoms with Gasteiger partial charge in [-0.25, -0.2) is 4.79 Å². The van der Waals surface area contributed by atoms with E-state index in [9.17, 15) is 29.1 Å². The lowest BCUT2D eigenvalue weighted by molar-refractivity contribution is -0.142. The number of hydrogen-bond acceptors (Lipinski definition) is 7. The smallest absolute Gasteiger partial charge is 0.326 e. The lowest BCUT2D eigenvalue weighted by Crippen LogP contribution is -2.58. The van der Waals surface area contributed by atoms with Crippen LogP contribution in [0.4, 0.5) is 0 Å². The molecule has 0 fully saturated rings. The van der Waals surface area contributed by atoms with Crippen LogP contribution in [0, 0.1) is 0 Å². The molecule has 3 amide bonds. The normalized spacial score (nSPS) is 13.9. The highest BCUT2D eigenvalue weighted by molar-refractivity contribution is 7.80. The van der Waals surface area contributed by atoms with Crippen molar-refractivity contribution in [2.45, 2.75) is 43.4 Å². The monoisotopic (exact) mass is 530 g/mol. The summed E-state index contributed by atoms with van der Waals surface area (Å²) >= 11 is 4.12. The topological polar surface area (TPSA) is 188 Å². The molecule has 0 bridgehead atoms. The Bertz CT molecular complexity index is 1080. The van der Waals surface area contributed by atoms with Gasteiger partial charge in [-0.3, -0.25) is 19.2 Å². The molecule has 11 nitrogen and oxygen atoms in total. The van der Waals surface area contributed by atoms with E-state index in [1.807, 2.05) is 0 Å². The number of nitrogens with one attached hydrogen (secondary N) is 3. The van der Waals surface area contributed by atoms with Gasteiger partial charge in [-0.2, -0.15) is 12.6 Å². The Morgan fingerprint density at radius 2 is 1.14 bits per heavy atom. The van der Waals surface area contributed by atoms with Crippen molar-refractivity contribution in [3.8, 4) is 0 Å². The van der Waals surface area contributed by atoms with Crippen molar-refractivity contribution in [2.75, 3.05) is 5.75 Å². The van der Waals surface area contributed by atoms with Crippen molar-refractivity contribution >= 4 is 42.3 Å². The van der Waals surface area contributed by atoms with E-state index in [2.05, 4.69) is 28.6 Å². The quantitative estimate of drug-likeness (QED) is 0.163. The fourth-order valence-corrected chi connectivity index (χ4v) is 3.66. The molecule has 0 saturated heterocycles. The van der Waals surface area contributed by atoms with Crippen LogP contribution in [0.25, 0.3) is 0 Å². The van der Waals surface area contributed by atoms with Crippen molar-refractivity contribution in [1.29, 1.82) is 0 Å². The molecule has 2 rings (SSSR count). The van der Waals surface area contributed by atoms with E-state index in [1.54, 1.807) is 60.7 Å². The van der Waals surface area contributed by atoms with Crippen LogP contribution < -0.4 is 21.7 Å². The van der Waals surface area contributed by atoms with Crippen LogP contribution in [0.15, 0.2) is 60.7 Å². The molecular formula is C25H30N4O7S. The molecule has 0 radical (unpaired) electrons. The van der Waals surface area contributed by atoms with Gasteiger partial charge in [0.15, 0.2) is 0 Å². The number of benzene rings is 2. The Labute approximate surface area is 219 Å². The molecule has 0 spiro atoms. The predicted octanol–water partition coefficient (Wildman–Crippen LogP) is -0.257. The first-order chi connectivity index (χ1) is 17.6.